The predicted octanol–water partition coefficient (Wildman–Crippen LogP) is 3.18. The van der Waals surface area contributed by atoms with E-state index in [0.717, 1.165) is 64.8 Å². The number of nitrogens with one attached hydrogen (secondary N) is 1. The molecule has 2 heterocycles. The number of carbonyl (C=O) groups is 2. The van der Waals surface area contributed by atoms with Gasteiger partial charge in [0.1, 0.15) is 5.75 Å². The third kappa shape index (κ3) is 6.77. The van der Waals surface area contributed by atoms with Gasteiger partial charge < -0.3 is 30.3 Å². The molecule has 1 aromatic carbocycles. The van der Waals surface area contributed by atoms with Gasteiger partial charge in [0.25, 0.3) is 5.91 Å². The number of rotatable bonds is 9. The van der Waals surface area contributed by atoms with Crippen LogP contribution < -0.4 is 15.8 Å². The van der Waals surface area contributed by atoms with Gasteiger partial charge in [-0.1, -0.05) is 24.9 Å². The third-order valence-electron chi connectivity index (χ3n) is 7.05. The molecule has 0 aromatic heterocycles. The number of nitrogen functional groups attached to an aromatic ring is 1. The van der Waals surface area contributed by atoms with Crippen LogP contribution in [0, 0.1) is 5.92 Å². The lowest BCUT2D eigenvalue weighted by molar-refractivity contribution is -0.132. The normalized spacial score (nSPS) is 21.9. The minimum atomic E-state index is -0.251. The van der Waals surface area contributed by atoms with Crippen molar-refractivity contribution in [2.24, 2.45) is 5.92 Å². The lowest BCUT2D eigenvalue weighted by Gasteiger charge is -2.41. The fourth-order valence-corrected chi connectivity index (χ4v) is 5.09. The van der Waals surface area contributed by atoms with Gasteiger partial charge in [-0.15, -0.1) is 0 Å². The van der Waals surface area contributed by atoms with Crippen LogP contribution in [0.2, 0.25) is 5.02 Å². The Balaban J connectivity index is 1.50. The summed E-state index contributed by atoms with van der Waals surface area (Å²) in [6, 6.07) is 3.00. The van der Waals surface area contributed by atoms with Crippen LogP contribution in [0.1, 0.15) is 55.8 Å². The molecule has 2 saturated heterocycles. The molecule has 2 aliphatic rings. The number of nitrogens with two attached hydrogens (primary N) is 1. The SMILES string of the molecule is CCCCC(=O)N1CCC(CN2CC[C@H](NC(=O)c3cc(Cl)c(N)cc3OC)[C@H](OC)C2)CC1. The fourth-order valence-electron chi connectivity index (χ4n) is 4.93. The summed E-state index contributed by atoms with van der Waals surface area (Å²) >= 11 is 6.13. The molecule has 0 saturated carbocycles. The monoisotopic (exact) mass is 494 g/mol. The highest BCUT2D eigenvalue weighted by molar-refractivity contribution is 6.33. The van der Waals surface area contributed by atoms with E-state index in [1.54, 1.807) is 19.2 Å². The first-order chi connectivity index (χ1) is 16.4. The summed E-state index contributed by atoms with van der Waals surface area (Å²) in [5.41, 5.74) is 6.57. The first-order valence-corrected chi connectivity index (χ1v) is 12.7. The molecule has 190 valence electrons. The number of carbonyl (C=O) groups excluding carboxylic acids is 2. The van der Waals surface area contributed by atoms with Crippen LogP contribution in [0.15, 0.2) is 12.1 Å². The molecule has 8 nitrogen and oxygen atoms in total. The molecule has 0 spiro atoms. The Morgan fingerprint density at radius 1 is 1.18 bits per heavy atom. The Hall–Kier alpha value is -2.03. The summed E-state index contributed by atoms with van der Waals surface area (Å²) < 4.78 is 11.1. The van der Waals surface area contributed by atoms with Gasteiger partial charge >= 0.3 is 0 Å². The van der Waals surface area contributed by atoms with Gasteiger partial charge in [-0.25, -0.2) is 0 Å². The molecule has 0 unspecified atom stereocenters. The molecule has 0 aliphatic carbocycles. The van der Waals surface area contributed by atoms with Crippen LogP contribution in [-0.2, 0) is 9.53 Å². The average Bonchev–Trinajstić information content (AvgIpc) is 2.85. The molecule has 2 fully saturated rings. The van der Waals surface area contributed by atoms with Crippen LogP contribution >= 0.6 is 11.6 Å². The molecule has 1 aromatic rings. The number of piperidine rings is 2. The van der Waals surface area contributed by atoms with Gasteiger partial charge in [0, 0.05) is 52.3 Å². The number of benzene rings is 1. The largest absolute Gasteiger partial charge is 0.496 e. The standard InChI is InChI=1S/C25H39ClN4O4/c1-4-5-6-24(31)30-11-7-17(8-12-30)15-29-10-9-21(23(16-29)34-3)28-25(32)18-13-19(26)20(27)14-22(18)33-2/h13-14,17,21,23H,4-12,15-16,27H2,1-3H3,(H,28,32)/t21-,23+/m0/s1. The maximum atomic E-state index is 13.0. The topological polar surface area (TPSA) is 97.1 Å². The van der Waals surface area contributed by atoms with Gasteiger partial charge in [0.05, 0.1) is 35.5 Å². The van der Waals surface area contributed by atoms with E-state index in [9.17, 15) is 9.59 Å². The second-order valence-electron chi connectivity index (χ2n) is 9.40. The summed E-state index contributed by atoms with van der Waals surface area (Å²) in [4.78, 5) is 29.7. The van der Waals surface area contributed by atoms with Gasteiger partial charge in [0.15, 0.2) is 0 Å². The molecule has 0 radical (unpaired) electrons. The molecule has 3 N–H and O–H groups in total. The quantitative estimate of drug-likeness (QED) is 0.512. The van der Waals surface area contributed by atoms with Gasteiger partial charge in [-0.05, 0) is 37.7 Å². The smallest absolute Gasteiger partial charge is 0.255 e. The Bertz CT molecular complexity index is 844. The van der Waals surface area contributed by atoms with E-state index in [1.165, 1.54) is 7.11 Å². The summed E-state index contributed by atoms with van der Waals surface area (Å²) in [6.07, 6.45) is 5.48. The van der Waals surface area contributed by atoms with Crippen molar-refractivity contribution in [2.45, 2.75) is 57.6 Å². The zero-order valence-corrected chi connectivity index (χ0v) is 21.4. The summed E-state index contributed by atoms with van der Waals surface area (Å²) in [5, 5.41) is 3.42. The van der Waals surface area contributed by atoms with Crippen molar-refractivity contribution in [1.29, 1.82) is 0 Å². The van der Waals surface area contributed by atoms with Crippen molar-refractivity contribution >= 4 is 29.1 Å². The van der Waals surface area contributed by atoms with Gasteiger partial charge in [-0.3, -0.25) is 9.59 Å². The molecule has 0 bridgehead atoms. The molecule has 3 rings (SSSR count). The maximum absolute atomic E-state index is 13.0. The minimum absolute atomic E-state index is 0.104. The van der Waals surface area contributed by atoms with Crippen molar-refractivity contribution in [2.75, 3.05) is 52.7 Å². The number of nitrogens with zero attached hydrogens (tertiary/aromatic N) is 2. The molecular weight excluding hydrogens is 456 g/mol. The molecular formula is C25H39ClN4O4. The highest BCUT2D eigenvalue weighted by atomic mass is 35.5. The number of unbranched alkanes of at least 4 members (excludes halogenated alkanes) is 1. The fraction of sp³-hybridized carbons (Fsp3) is 0.680. The Labute approximate surface area is 208 Å². The summed E-state index contributed by atoms with van der Waals surface area (Å²) in [6.45, 7) is 6.49. The number of methoxy groups -OCH3 is 2. The summed E-state index contributed by atoms with van der Waals surface area (Å²) in [5.74, 6) is 1.03. The van der Waals surface area contributed by atoms with Crippen LogP contribution in [0.25, 0.3) is 0 Å². The van der Waals surface area contributed by atoms with E-state index in [2.05, 4.69) is 17.1 Å². The van der Waals surface area contributed by atoms with Crippen molar-refractivity contribution in [1.82, 2.24) is 15.1 Å². The molecule has 2 amide bonds. The highest BCUT2D eigenvalue weighted by Crippen LogP contribution is 2.29. The average molecular weight is 495 g/mol. The molecule has 2 atom stereocenters. The molecule has 2 aliphatic heterocycles. The lowest BCUT2D eigenvalue weighted by atomic mass is 9.93. The highest BCUT2D eigenvalue weighted by Gasteiger charge is 2.33. The Morgan fingerprint density at radius 2 is 1.91 bits per heavy atom. The molecule has 9 heteroatoms. The van der Waals surface area contributed by atoms with Crippen molar-refractivity contribution < 1.29 is 19.1 Å². The molecule has 34 heavy (non-hydrogen) atoms. The zero-order valence-electron chi connectivity index (χ0n) is 20.6. The van der Waals surface area contributed by atoms with E-state index in [1.807, 2.05) is 4.90 Å². The summed E-state index contributed by atoms with van der Waals surface area (Å²) in [7, 11) is 3.19. The van der Waals surface area contributed by atoms with E-state index in [-0.39, 0.29) is 18.1 Å². The number of amides is 2. The minimum Gasteiger partial charge on any atom is -0.496 e. The second-order valence-corrected chi connectivity index (χ2v) is 9.81. The number of anilines is 1. The number of hydrogen-bond acceptors (Lipinski definition) is 6. The Morgan fingerprint density at radius 3 is 2.56 bits per heavy atom. The lowest BCUT2D eigenvalue weighted by Crippen LogP contribution is -2.55. The van der Waals surface area contributed by atoms with Crippen molar-refractivity contribution in [3.05, 3.63) is 22.7 Å². The van der Waals surface area contributed by atoms with Crippen LogP contribution in [0.4, 0.5) is 5.69 Å². The van der Waals surface area contributed by atoms with Crippen LogP contribution in [-0.4, -0.2) is 80.7 Å². The number of likely N-dealkylation sites (tertiary alicyclic amines) is 2. The van der Waals surface area contributed by atoms with E-state index < -0.39 is 0 Å². The third-order valence-corrected chi connectivity index (χ3v) is 7.38. The number of hydrogen-bond donors (Lipinski definition) is 2. The van der Waals surface area contributed by atoms with Gasteiger partial charge in [0.2, 0.25) is 5.91 Å². The zero-order chi connectivity index (χ0) is 24.7. The van der Waals surface area contributed by atoms with Crippen LogP contribution in [0.5, 0.6) is 5.75 Å². The van der Waals surface area contributed by atoms with Crippen LogP contribution in [0.3, 0.4) is 0 Å². The first-order valence-electron chi connectivity index (χ1n) is 12.3. The van der Waals surface area contributed by atoms with E-state index in [0.29, 0.717) is 40.3 Å². The maximum Gasteiger partial charge on any atom is 0.255 e. The number of halogens is 1. The predicted molar refractivity (Wildman–Crippen MR) is 134 cm³/mol. The van der Waals surface area contributed by atoms with Crippen molar-refractivity contribution in [3.63, 3.8) is 0 Å². The Kier molecular flexibility index (Phi) is 9.85. The van der Waals surface area contributed by atoms with E-state index >= 15 is 0 Å². The van der Waals surface area contributed by atoms with E-state index in [4.69, 9.17) is 26.8 Å². The van der Waals surface area contributed by atoms with Crippen molar-refractivity contribution in [3.8, 4) is 5.75 Å². The first kappa shape index (κ1) is 26.6. The number of ether oxygens (including phenoxy) is 2. The second kappa shape index (κ2) is 12.6. The van der Waals surface area contributed by atoms with Gasteiger partial charge in [-0.2, -0.15) is 0 Å².